The van der Waals surface area contributed by atoms with Crippen LogP contribution in [0.25, 0.3) is 15.1 Å². The minimum absolute atomic E-state index is 0.533. The molecule has 0 aliphatic carbocycles. The maximum atomic E-state index is 7.07. The fraction of sp³-hybridized carbons (Fsp3) is 0.273. The summed E-state index contributed by atoms with van der Waals surface area (Å²) in [6.07, 6.45) is 0. The summed E-state index contributed by atoms with van der Waals surface area (Å²) in [6, 6.07) is 1.72. The first-order valence-electron chi connectivity index (χ1n) is 4.76. The lowest BCUT2D eigenvalue weighted by atomic mass is 10.3. The molecule has 0 saturated heterocycles. The van der Waals surface area contributed by atoms with Gasteiger partial charge in [-0.25, -0.2) is 9.83 Å². The van der Waals surface area contributed by atoms with Gasteiger partial charge in [0.05, 0.1) is 25.7 Å². The van der Waals surface area contributed by atoms with E-state index in [1.807, 2.05) is 6.92 Å². The van der Waals surface area contributed by atoms with E-state index in [0.717, 1.165) is 10.2 Å². The molecule has 2 heterocycles. The number of fused-ring (bicyclic) bond motifs is 1. The highest BCUT2D eigenvalue weighted by Gasteiger charge is 2.13. The Bertz CT molecular complexity index is 557. The Balaban J connectivity index is 2.67. The third-order valence-electron chi connectivity index (χ3n) is 2.10. The van der Waals surface area contributed by atoms with Gasteiger partial charge in [-0.05, 0) is 12.3 Å². The number of rotatable bonds is 3. The Hall–Kier alpha value is -1.80. The minimum atomic E-state index is 0.533. The summed E-state index contributed by atoms with van der Waals surface area (Å²) in [7, 11) is 1.58. The van der Waals surface area contributed by atoms with Crippen molar-refractivity contribution in [3.05, 3.63) is 22.9 Å². The fourth-order valence-electron chi connectivity index (χ4n) is 1.43. The van der Waals surface area contributed by atoms with E-state index in [1.165, 1.54) is 11.3 Å². The second kappa shape index (κ2) is 4.37. The summed E-state index contributed by atoms with van der Waals surface area (Å²) < 4.78 is 10.6. The predicted octanol–water partition coefficient (Wildman–Crippen LogP) is 3.25. The number of aromatic nitrogens is 1. The smallest absolute Gasteiger partial charge is 0.218 e. The van der Waals surface area contributed by atoms with Gasteiger partial charge >= 0.3 is 0 Å². The van der Waals surface area contributed by atoms with Crippen LogP contribution < -0.4 is 9.47 Å². The van der Waals surface area contributed by atoms with Crippen molar-refractivity contribution in [3.8, 4) is 11.6 Å². The molecule has 0 bridgehead atoms. The molecule has 0 amide bonds. The second-order valence-electron chi connectivity index (χ2n) is 3.01. The zero-order chi connectivity index (χ0) is 11.5. The first-order chi connectivity index (χ1) is 7.80. The molecule has 82 valence electrons. The van der Waals surface area contributed by atoms with Crippen molar-refractivity contribution < 1.29 is 9.47 Å². The van der Waals surface area contributed by atoms with Crippen LogP contribution in [0.3, 0.4) is 0 Å². The van der Waals surface area contributed by atoms with Crippen molar-refractivity contribution in [2.24, 2.45) is 0 Å². The van der Waals surface area contributed by atoms with E-state index >= 15 is 0 Å². The molecule has 0 saturated carbocycles. The molecule has 0 spiro atoms. The lowest BCUT2D eigenvalue weighted by Crippen LogP contribution is -1.95. The average molecular weight is 234 g/mol. The number of methoxy groups -OCH3 is 1. The summed E-state index contributed by atoms with van der Waals surface area (Å²) in [5.41, 5.74) is 0.576. The number of nitrogens with zero attached hydrogens (tertiary/aromatic N) is 2. The first kappa shape index (κ1) is 10.7. The molecule has 0 aromatic carbocycles. The number of thiophene rings is 1. The van der Waals surface area contributed by atoms with Crippen LogP contribution in [0.2, 0.25) is 0 Å². The van der Waals surface area contributed by atoms with E-state index in [1.54, 1.807) is 18.6 Å². The molecule has 0 unspecified atom stereocenters. The lowest BCUT2D eigenvalue weighted by Gasteiger charge is -2.06. The van der Waals surface area contributed by atoms with Gasteiger partial charge in [0.15, 0.2) is 0 Å². The molecule has 2 aromatic rings. The van der Waals surface area contributed by atoms with Crippen molar-refractivity contribution in [1.82, 2.24) is 4.98 Å². The topological polar surface area (TPSA) is 35.7 Å². The van der Waals surface area contributed by atoms with Gasteiger partial charge < -0.3 is 9.47 Å². The maximum absolute atomic E-state index is 7.07. The molecule has 0 aliphatic rings. The van der Waals surface area contributed by atoms with Gasteiger partial charge in [-0.1, -0.05) is 0 Å². The van der Waals surface area contributed by atoms with E-state index in [0.29, 0.717) is 23.9 Å². The van der Waals surface area contributed by atoms with Gasteiger partial charge in [0, 0.05) is 6.07 Å². The molecular weight excluding hydrogens is 224 g/mol. The molecule has 0 atom stereocenters. The Labute approximate surface area is 97.3 Å². The van der Waals surface area contributed by atoms with E-state index < -0.39 is 0 Å². The SMILES string of the molecule is [C-]#[N+]c1csc2nc(OCC)cc(OC)c12. The number of hydrogen-bond donors (Lipinski definition) is 0. The maximum Gasteiger partial charge on any atom is 0.218 e. The molecule has 16 heavy (non-hydrogen) atoms. The zero-order valence-electron chi connectivity index (χ0n) is 8.98. The van der Waals surface area contributed by atoms with E-state index in [-0.39, 0.29) is 0 Å². The van der Waals surface area contributed by atoms with Crippen molar-refractivity contribution in [3.63, 3.8) is 0 Å². The third kappa shape index (κ3) is 1.68. The Morgan fingerprint density at radius 2 is 2.38 bits per heavy atom. The summed E-state index contributed by atoms with van der Waals surface area (Å²) in [4.78, 5) is 8.53. The highest BCUT2D eigenvalue weighted by atomic mass is 32.1. The van der Waals surface area contributed by atoms with Gasteiger partial charge in [-0.2, -0.15) is 0 Å². The van der Waals surface area contributed by atoms with Crippen LogP contribution in [-0.2, 0) is 0 Å². The molecule has 0 N–H and O–H groups in total. The Kier molecular flexibility index (Phi) is 2.93. The molecule has 4 nitrogen and oxygen atoms in total. The van der Waals surface area contributed by atoms with Crippen molar-refractivity contribution in [2.75, 3.05) is 13.7 Å². The van der Waals surface area contributed by atoms with Crippen LogP contribution in [-0.4, -0.2) is 18.7 Å². The lowest BCUT2D eigenvalue weighted by molar-refractivity contribution is 0.325. The van der Waals surface area contributed by atoms with E-state index in [2.05, 4.69) is 9.83 Å². The summed E-state index contributed by atoms with van der Waals surface area (Å²) in [5, 5.41) is 2.55. The highest BCUT2D eigenvalue weighted by molar-refractivity contribution is 7.17. The van der Waals surface area contributed by atoms with Gasteiger partial charge in [0.2, 0.25) is 11.6 Å². The number of hydrogen-bond acceptors (Lipinski definition) is 4. The molecule has 0 radical (unpaired) electrons. The van der Waals surface area contributed by atoms with Crippen LogP contribution in [0.15, 0.2) is 11.4 Å². The normalized spacial score (nSPS) is 10.1. The van der Waals surface area contributed by atoms with Crippen LogP contribution in [0.1, 0.15) is 6.92 Å². The van der Waals surface area contributed by atoms with Crippen LogP contribution in [0, 0.1) is 6.57 Å². The van der Waals surface area contributed by atoms with Gasteiger partial charge in [-0.15, -0.1) is 11.3 Å². The molecule has 0 aliphatic heterocycles. The number of pyridine rings is 1. The third-order valence-corrected chi connectivity index (χ3v) is 2.96. The standard InChI is InChI=1S/C11H10N2O2S/c1-4-15-9-5-8(14-3)10-7(12-2)6-16-11(10)13-9/h5-6H,4H2,1,3H3. The van der Waals surface area contributed by atoms with Crippen LogP contribution in [0.5, 0.6) is 11.6 Å². The van der Waals surface area contributed by atoms with Crippen molar-refractivity contribution in [1.29, 1.82) is 0 Å². The predicted molar refractivity (Wildman–Crippen MR) is 63.6 cm³/mol. The highest BCUT2D eigenvalue weighted by Crippen LogP contribution is 2.39. The van der Waals surface area contributed by atoms with Gasteiger partial charge in [0.25, 0.3) is 0 Å². The molecule has 2 rings (SSSR count). The van der Waals surface area contributed by atoms with Gasteiger partial charge in [0.1, 0.15) is 10.6 Å². The monoisotopic (exact) mass is 234 g/mol. The summed E-state index contributed by atoms with van der Waals surface area (Å²) in [5.74, 6) is 1.17. The molecular formula is C11H10N2O2S. The van der Waals surface area contributed by atoms with Crippen molar-refractivity contribution >= 4 is 27.2 Å². The second-order valence-corrected chi connectivity index (χ2v) is 3.87. The molecule has 0 fully saturated rings. The molecule has 2 aromatic heterocycles. The first-order valence-corrected chi connectivity index (χ1v) is 5.64. The largest absolute Gasteiger partial charge is 0.497 e. The average Bonchev–Trinajstić information content (AvgIpc) is 2.71. The van der Waals surface area contributed by atoms with Crippen LogP contribution in [0.4, 0.5) is 5.69 Å². The molecule has 5 heteroatoms. The van der Waals surface area contributed by atoms with Crippen LogP contribution >= 0.6 is 11.3 Å². The van der Waals surface area contributed by atoms with E-state index in [9.17, 15) is 0 Å². The Morgan fingerprint density at radius 3 is 3.00 bits per heavy atom. The summed E-state index contributed by atoms with van der Waals surface area (Å²) in [6.45, 7) is 9.52. The van der Waals surface area contributed by atoms with E-state index in [4.69, 9.17) is 16.0 Å². The fourth-order valence-corrected chi connectivity index (χ4v) is 2.29. The van der Waals surface area contributed by atoms with Gasteiger partial charge in [-0.3, -0.25) is 0 Å². The van der Waals surface area contributed by atoms with Crippen molar-refractivity contribution in [2.45, 2.75) is 6.92 Å². The quantitative estimate of drug-likeness (QED) is 0.765. The number of ether oxygens (including phenoxy) is 2. The Morgan fingerprint density at radius 1 is 1.56 bits per heavy atom. The summed E-state index contributed by atoms with van der Waals surface area (Å²) >= 11 is 1.42. The minimum Gasteiger partial charge on any atom is -0.497 e. The zero-order valence-corrected chi connectivity index (χ0v) is 9.80.